The van der Waals surface area contributed by atoms with Gasteiger partial charge in [-0.15, -0.1) is 0 Å². The van der Waals surface area contributed by atoms with E-state index in [4.69, 9.17) is 5.73 Å². The van der Waals surface area contributed by atoms with Crippen LogP contribution < -0.4 is 5.73 Å². The predicted octanol–water partition coefficient (Wildman–Crippen LogP) is 4.36. The molecule has 1 unspecified atom stereocenters. The van der Waals surface area contributed by atoms with Gasteiger partial charge in [-0.3, -0.25) is 4.79 Å². The zero-order valence-corrected chi connectivity index (χ0v) is 18.8. The summed E-state index contributed by atoms with van der Waals surface area (Å²) in [7, 11) is 0. The highest BCUT2D eigenvalue weighted by molar-refractivity contribution is 7.99. The Morgan fingerprint density at radius 3 is 2.28 bits per heavy atom. The lowest BCUT2D eigenvalue weighted by Crippen LogP contribution is -2.53. The van der Waals surface area contributed by atoms with Crippen molar-refractivity contribution in [3.05, 3.63) is 95.6 Å². The number of hydrogen-bond donors (Lipinski definition) is 1. The molecule has 5 heteroatoms. The summed E-state index contributed by atoms with van der Waals surface area (Å²) >= 11 is 1.82. The molecule has 0 spiro atoms. The summed E-state index contributed by atoms with van der Waals surface area (Å²) in [6.45, 7) is 2.98. The van der Waals surface area contributed by atoms with E-state index in [2.05, 4.69) is 59.5 Å². The minimum atomic E-state index is -0.495. The third kappa shape index (κ3) is 4.31. The van der Waals surface area contributed by atoms with E-state index in [0.717, 1.165) is 18.7 Å². The van der Waals surface area contributed by atoms with Crippen molar-refractivity contribution < 1.29 is 4.79 Å². The van der Waals surface area contributed by atoms with E-state index in [1.807, 2.05) is 47.0 Å². The van der Waals surface area contributed by atoms with Crippen molar-refractivity contribution in [2.45, 2.75) is 22.3 Å². The molecule has 0 saturated carbocycles. The van der Waals surface area contributed by atoms with Crippen LogP contribution in [0.4, 0.5) is 0 Å². The Hall–Kier alpha value is -3.02. The molecule has 0 aliphatic carbocycles. The Morgan fingerprint density at radius 2 is 1.50 bits per heavy atom. The average Bonchev–Trinajstić information content (AvgIpc) is 3.01. The van der Waals surface area contributed by atoms with Gasteiger partial charge < -0.3 is 15.5 Å². The molecule has 4 nitrogen and oxygen atoms in total. The normalized spacial score (nSPS) is 16.5. The number of rotatable bonds is 4. The summed E-state index contributed by atoms with van der Waals surface area (Å²) < 4.78 is 0. The van der Waals surface area contributed by atoms with E-state index in [1.165, 1.54) is 26.6 Å². The second kappa shape index (κ2) is 9.23. The van der Waals surface area contributed by atoms with Crippen LogP contribution in [0.3, 0.4) is 0 Å². The van der Waals surface area contributed by atoms with Crippen molar-refractivity contribution in [2.75, 3.05) is 26.2 Å². The molecular formula is C27H27N3OS. The number of hydrogen-bond acceptors (Lipinski definition) is 4. The van der Waals surface area contributed by atoms with Crippen LogP contribution in [0.2, 0.25) is 0 Å². The van der Waals surface area contributed by atoms with Gasteiger partial charge in [0.15, 0.2) is 0 Å². The third-order valence-electron chi connectivity index (χ3n) is 6.14. The van der Waals surface area contributed by atoms with Gasteiger partial charge in [-0.1, -0.05) is 78.5 Å². The molecule has 2 aliphatic rings. The maximum Gasteiger partial charge on any atom is 0.239 e. The molecule has 0 bridgehead atoms. The highest BCUT2D eigenvalue weighted by Gasteiger charge is 2.28. The first-order chi connectivity index (χ1) is 15.7. The summed E-state index contributed by atoms with van der Waals surface area (Å²) in [5.74, 6) is 0.0460. The number of carbonyl (C=O) groups is 1. The molecule has 2 N–H and O–H groups in total. The number of nitrogens with zero attached hydrogens (tertiary/aromatic N) is 2. The van der Waals surface area contributed by atoms with Gasteiger partial charge in [0.1, 0.15) is 0 Å². The van der Waals surface area contributed by atoms with E-state index in [1.54, 1.807) is 0 Å². The van der Waals surface area contributed by atoms with E-state index >= 15 is 0 Å². The first-order valence-electron chi connectivity index (χ1n) is 11.1. The zero-order valence-electron chi connectivity index (χ0n) is 18.0. The Labute approximate surface area is 193 Å². The van der Waals surface area contributed by atoms with Gasteiger partial charge >= 0.3 is 0 Å². The molecule has 32 heavy (non-hydrogen) atoms. The fraction of sp³-hybridized carbons (Fsp3) is 0.222. The molecule has 0 radical (unpaired) electrons. The SMILES string of the molecule is NC(Cc1ccccc1)C(=O)N1CCN(C2=Cc3ccccc3Sc3ccccc32)CC1. The standard InChI is InChI=1S/C27H27N3OS/c28-23(18-20-8-2-1-3-9-20)27(31)30-16-14-29(15-17-30)24-19-21-10-4-6-12-25(21)32-26-13-7-5-11-22(24)26/h1-13,19,23H,14-18,28H2. The molecule has 1 saturated heterocycles. The van der Waals surface area contributed by atoms with Gasteiger partial charge in [0.25, 0.3) is 0 Å². The number of piperazine rings is 1. The molecule has 0 aromatic heterocycles. The van der Waals surface area contributed by atoms with Crippen molar-refractivity contribution >= 4 is 29.4 Å². The van der Waals surface area contributed by atoms with E-state index in [9.17, 15) is 4.79 Å². The molecule has 3 aromatic rings. The molecule has 3 aromatic carbocycles. The van der Waals surface area contributed by atoms with Gasteiger partial charge in [-0.25, -0.2) is 0 Å². The molecular weight excluding hydrogens is 414 g/mol. The molecule has 1 fully saturated rings. The van der Waals surface area contributed by atoms with Crippen molar-refractivity contribution in [1.29, 1.82) is 0 Å². The van der Waals surface area contributed by atoms with Crippen molar-refractivity contribution in [3.63, 3.8) is 0 Å². The van der Waals surface area contributed by atoms with E-state index < -0.39 is 6.04 Å². The summed E-state index contributed by atoms with van der Waals surface area (Å²) in [6.07, 6.45) is 2.87. The monoisotopic (exact) mass is 441 g/mol. The van der Waals surface area contributed by atoms with Crippen LogP contribution in [0.5, 0.6) is 0 Å². The zero-order chi connectivity index (χ0) is 21.9. The fourth-order valence-corrected chi connectivity index (χ4v) is 5.48. The smallest absolute Gasteiger partial charge is 0.239 e. The molecule has 1 atom stereocenters. The van der Waals surface area contributed by atoms with Gasteiger partial charge in [0.05, 0.1) is 6.04 Å². The third-order valence-corrected chi connectivity index (χ3v) is 7.31. The lowest BCUT2D eigenvalue weighted by molar-refractivity contribution is -0.133. The highest BCUT2D eigenvalue weighted by atomic mass is 32.2. The lowest BCUT2D eigenvalue weighted by atomic mass is 10.0. The molecule has 1 amide bonds. The molecule has 2 aliphatic heterocycles. The summed E-state index contributed by atoms with van der Waals surface area (Å²) in [4.78, 5) is 19.8. The number of fused-ring (bicyclic) bond motifs is 2. The second-order valence-electron chi connectivity index (χ2n) is 8.27. The largest absolute Gasteiger partial charge is 0.367 e. The topological polar surface area (TPSA) is 49.6 Å². The Morgan fingerprint density at radius 1 is 0.844 bits per heavy atom. The number of carbonyl (C=O) groups excluding carboxylic acids is 1. The van der Waals surface area contributed by atoms with Crippen LogP contribution in [-0.4, -0.2) is 47.9 Å². The van der Waals surface area contributed by atoms with Crippen LogP contribution in [0.15, 0.2) is 88.7 Å². The van der Waals surface area contributed by atoms with Crippen LogP contribution in [0.1, 0.15) is 16.7 Å². The summed E-state index contributed by atoms with van der Waals surface area (Å²) in [6, 6.07) is 26.6. The molecule has 2 heterocycles. The minimum Gasteiger partial charge on any atom is -0.367 e. The average molecular weight is 442 g/mol. The van der Waals surface area contributed by atoms with Crippen molar-refractivity contribution in [2.24, 2.45) is 5.73 Å². The van der Waals surface area contributed by atoms with Crippen LogP contribution in [0, 0.1) is 0 Å². The number of benzene rings is 3. The fourth-order valence-electron chi connectivity index (χ4n) is 4.42. The highest BCUT2D eigenvalue weighted by Crippen LogP contribution is 2.41. The van der Waals surface area contributed by atoms with Crippen LogP contribution >= 0.6 is 11.8 Å². The summed E-state index contributed by atoms with van der Waals surface area (Å²) in [5.41, 5.74) is 11.1. The van der Waals surface area contributed by atoms with Crippen LogP contribution in [0.25, 0.3) is 11.8 Å². The van der Waals surface area contributed by atoms with E-state index in [0.29, 0.717) is 19.5 Å². The van der Waals surface area contributed by atoms with E-state index in [-0.39, 0.29) is 5.91 Å². The predicted molar refractivity (Wildman–Crippen MR) is 131 cm³/mol. The number of nitrogens with two attached hydrogens (primary N) is 1. The van der Waals surface area contributed by atoms with Crippen molar-refractivity contribution in [1.82, 2.24) is 9.80 Å². The Bertz CT molecular complexity index is 1140. The maximum absolute atomic E-state index is 13.0. The quantitative estimate of drug-likeness (QED) is 0.654. The summed E-state index contributed by atoms with van der Waals surface area (Å²) in [5, 5.41) is 0. The van der Waals surface area contributed by atoms with Gasteiger partial charge in [0, 0.05) is 47.2 Å². The Balaban J connectivity index is 1.31. The number of amides is 1. The van der Waals surface area contributed by atoms with Gasteiger partial charge in [-0.05, 0) is 35.8 Å². The second-order valence-corrected chi connectivity index (χ2v) is 9.36. The first kappa shape index (κ1) is 20.9. The Kier molecular flexibility index (Phi) is 6.02. The first-order valence-corrected chi connectivity index (χ1v) is 11.9. The van der Waals surface area contributed by atoms with Crippen molar-refractivity contribution in [3.8, 4) is 0 Å². The maximum atomic E-state index is 13.0. The molecule has 5 rings (SSSR count). The molecule has 162 valence electrons. The lowest BCUT2D eigenvalue weighted by Gasteiger charge is -2.38. The van der Waals surface area contributed by atoms with Gasteiger partial charge in [0.2, 0.25) is 5.91 Å². The van der Waals surface area contributed by atoms with Gasteiger partial charge in [-0.2, -0.15) is 0 Å². The van der Waals surface area contributed by atoms with Crippen LogP contribution in [-0.2, 0) is 11.2 Å². The minimum absolute atomic E-state index is 0.0460.